The molecule has 0 fully saturated rings. The molecule has 0 spiro atoms. The van der Waals surface area contributed by atoms with Crippen LogP contribution in [0, 0.1) is 0 Å². The summed E-state index contributed by atoms with van der Waals surface area (Å²) in [5.74, 6) is 7.78. The van der Waals surface area contributed by atoms with Crippen molar-refractivity contribution >= 4 is 5.82 Å². The second-order valence-corrected chi connectivity index (χ2v) is 3.99. The molecule has 1 aromatic heterocycles. The molecule has 0 radical (unpaired) electrons. The third-order valence-corrected chi connectivity index (χ3v) is 2.75. The minimum absolute atomic E-state index is 0.475. The second kappa shape index (κ2) is 6.72. The smallest absolute Gasteiger partial charge is 0.227 e. The molecular formula is C14H18N4O2. The van der Waals surface area contributed by atoms with Crippen molar-refractivity contribution < 1.29 is 9.47 Å². The summed E-state index contributed by atoms with van der Waals surface area (Å²) in [6, 6.07) is 7.47. The van der Waals surface area contributed by atoms with Crippen LogP contribution in [0.5, 0.6) is 17.4 Å². The molecule has 0 bridgehead atoms. The molecule has 20 heavy (non-hydrogen) atoms. The normalized spacial score (nSPS) is 10.2. The Morgan fingerprint density at radius 1 is 1.15 bits per heavy atom. The maximum Gasteiger partial charge on any atom is 0.227 e. The van der Waals surface area contributed by atoms with E-state index in [1.54, 1.807) is 0 Å². The van der Waals surface area contributed by atoms with Crippen molar-refractivity contribution in [2.45, 2.75) is 20.3 Å². The molecule has 0 aliphatic rings. The first-order valence-corrected chi connectivity index (χ1v) is 6.50. The van der Waals surface area contributed by atoms with Gasteiger partial charge in [0.1, 0.15) is 12.1 Å². The maximum atomic E-state index is 5.85. The van der Waals surface area contributed by atoms with Gasteiger partial charge in [-0.25, -0.2) is 15.8 Å². The number of nitrogens with zero attached hydrogens (tertiary/aromatic N) is 2. The molecule has 106 valence electrons. The molecule has 6 nitrogen and oxygen atoms in total. The lowest BCUT2D eigenvalue weighted by Crippen LogP contribution is -2.12. The average Bonchev–Trinajstić information content (AvgIpc) is 2.49. The zero-order chi connectivity index (χ0) is 14.4. The fraction of sp³-hybridized carbons (Fsp3) is 0.286. The fourth-order valence-electron chi connectivity index (χ4n) is 1.84. The number of rotatable bonds is 6. The van der Waals surface area contributed by atoms with Crippen molar-refractivity contribution in [1.29, 1.82) is 0 Å². The summed E-state index contributed by atoms with van der Waals surface area (Å²) >= 11 is 0. The number of ether oxygens (including phenoxy) is 2. The fourth-order valence-corrected chi connectivity index (χ4v) is 1.84. The quantitative estimate of drug-likeness (QED) is 0.622. The number of hydrazine groups is 1. The molecule has 0 amide bonds. The molecule has 3 N–H and O–H groups in total. The van der Waals surface area contributed by atoms with Gasteiger partial charge in [-0.05, 0) is 25.5 Å². The van der Waals surface area contributed by atoms with E-state index in [2.05, 4.69) is 15.4 Å². The number of nitrogen functional groups attached to an aromatic ring is 1. The Hall–Kier alpha value is -2.34. The Labute approximate surface area is 117 Å². The number of benzene rings is 1. The van der Waals surface area contributed by atoms with E-state index in [1.807, 2.05) is 38.1 Å². The van der Waals surface area contributed by atoms with Gasteiger partial charge in [0, 0.05) is 0 Å². The number of hydrogen-bond donors (Lipinski definition) is 2. The van der Waals surface area contributed by atoms with Crippen molar-refractivity contribution in [3.63, 3.8) is 0 Å². The summed E-state index contributed by atoms with van der Waals surface area (Å²) < 4.78 is 11.4. The first-order chi connectivity index (χ1) is 9.80. The van der Waals surface area contributed by atoms with Crippen LogP contribution >= 0.6 is 0 Å². The SMILES string of the molecule is CCOc1ccccc1Oc1ncnc(NN)c1CC. The number of para-hydroxylation sites is 2. The first kappa shape index (κ1) is 14.1. The number of nitrogens with one attached hydrogen (secondary N) is 1. The molecule has 1 heterocycles. The van der Waals surface area contributed by atoms with Crippen molar-refractivity contribution in [3.8, 4) is 17.4 Å². The van der Waals surface area contributed by atoms with Gasteiger partial charge in [-0.2, -0.15) is 0 Å². The molecule has 0 aliphatic carbocycles. The molecule has 2 rings (SSSR count). The van der Waals surface area contributed by atoms with E-state index in [0.29, 0.717) is 36.2 Å². The number of hydrogen-bond acceptors (Lipinski definition) is 6. The Bertz CT molecular complexity index is 575. The van der Waals surface area contributed by atoms with Crippen LogP contribution in [-0.2, 0) is 6.42 Å². The largest absolute Gasteiger partial charge is 0.490 e. The summed E-state index contributed by atoms with van der Waals surface area (Å²) in [4.78, 5) is 8.24. The summed E-state index contributed by atoms with van der Waals surface area (Å²) in [6.07, 6.45) is 2.11. The van der Waals surface area contributed by atoms with E-state index < -0.39 is 0 Å². The zero-order valence-electron chi connectivity index (χ0n) is 11.6. The van der Waals surface area contributed by atoms with Gasteiger partial charge in [-0.15, -0.1) is 0 Å². The number of nitrogens with two attached hydrogens (primary N) is 1. The van der Waals surface area contributed by atoms with E-state index in [0.717, 1.165) is 5.56 Å². The molecule has 6 heteroatoms. The van der Waals surface area contributed by atoms with E-state index in [4.69, 9.17) is 15.3 Å². The first-order valence-electron chi connectivity index (χ1n) is 6.50. The summed E-state index contributed by atoms with van der Waals surface area (Å²) in [5, 5.41) is 0. The van der Waals surface area contributed by atoms with Crippen LogP contribution in [0.1, 0.15) is 19.4 Å². The molecule has 0 saturated heterocycles. The highest BCUT2D eigenvalue weighted by molar-refractivity contribution is 5.50. The predicted octanol–water partition coefficient (Wildman–Crippen LogP) is 2.52. The Morgan fingerprint density at radius 2 is 1.90 bits per heavy atom. The number of aromatic nitrogens is 2. The third-order valence-electron chi connectivity index (χ3n) is 2.75. The van der Waals surface area contributed by atoms with Gasteiger partial charge < -0.3 is 14.9 Å². The highest BCUT2D eigenvalue weighted by Crippen LogP contribution is 2.33. The van der Waals surface area contributed by atoms with Gasteiger partial charge in [-0.1, -0.05) is 19.1 Å². The predicted molar refractivity (Wildman–Crippen MR) is 76.9 cm³/mol. The van der Waals surface area contributed by atoms with Crippen LogP contribution in [0.25, 0.3) is 0 Å². The maximum absolute atomic E-state index is 5.85. The minimum atomic E-state index is 0.475. The van der Waals surface area contributed by atoms with Gasteiger partial charge in [0.25, 0.3) is 0 Å². The Kier molecular flexibility index (Phi) is 4.73. The summed E-state index contributed by atoms with van der Waals surface area (Å²) in [6.45, 7) is 4.48. The Morgan fingerprint density at radius 3 is 2.55 bits per heavy atom. The van der Waals surface area contributed by atoms with Gasteiger partial charge in [0.05, 0.1) is 12.2 Å². The van der Waals surface area contributed by atoms with Crippen LogP contribution in [0.4, 0.5) is 5.82 Å². The van der Waals surface area contributed by atoms with Crippen LogP contribution in [0.3, 0.4) is 0 Å². The summed E-state index contributed by atoms with van der Waals surface area (Å²) in [7, 11) is 0. The third kappa shape index (κ3) is 2.97. The van der Waals surface area contributed by atoms with Gasteiger partial charge >= 0.3 is 0 Å². The highest BCUT2D eigenvalue weighted by atomic mass is 16.5. The molecular weight excluding hydrogens is 256 g/mol. The van der Waals surface area contributed by atoms with Gasteiger partial charge in [-0.3, -0.25) is 0 Å². The number of anilines is 1. The summed E-state index contributed by atoms with van der Waals surface area (Å²) in [5.41, 5.74) is 3.37. The molecule has 0 saturated carbocycles. The van der Waals surface area contributed by atoms with E-state index in [9.17, 15) is 0 Å². The van der Waals surface area contributed by atoms with Crippen LogP contribution < -0.4 is 20.7 Å². The standard InChI is InChI=1S/C14H18N4O2/c1-3-10-13(18-15)16-9-17-14(10)20-12-8-6-5-7-11(12)19-4-2/h5-9H,3-4,15H2,1-2H3,(H,16,17,18). The van der Waals surface area contributed by atoms with Crippen molar-refractivity contribution in [2.75, 3.05) is 12.0 Å². The van der Waals surface area contributed by atoms with Crippen LogP contribution in [-0.4, -0.2) is 16.6 Å². The van der Waals surface area contributed by atoms with E-state index in [-0.39, 0.29) is 0 Å². The lowest BCUT2D eigenvalue weighted by Gasteiger charge is -2.14. The van der Waals surface area contributed by atoms with Crippen molar-refractivity contribution in [1.82, 2.24) is 9.97 Å². The highest BCUT2D eigenvalue weighted by Gasteiger charge is 2.13. The molecule has 1 aromatic carbocycles. The van der Waals surface area contributed by atoms with E-state index in [1.165, 1.54) is 6.33 Å². The van der Waals surface area contributed by atoms with E-state index >= 15 is 0 Å². The van der Waals surface area contributed by atoms with Gasteiger partial charge in [0.2, 0.25) is 5.88 Å². The average molecular weight is 274 g/mol. The van der Waals surface area contributed by atoms with Crippen LogP contribution in [0.15, 0.2) is 30.6 Å². The topological polar surface area (TPSA) is 82.3 Å². The molecule has 0 aliphatic heterocycles. The zero-order valence-corrected chi connectivity index (χ0v) is 11.6. The lowest BCUT2D eigenvalue weighted by atomic mass is 10.2. The van der Waals surface area contributed by atoms with Crippen LogP contribution in [0.2, 0.25) is 0 Å². The lowest BCUT2D eigenvalue weighted by molar-refractivity contribution is 0.319. The van der Waals surface area contributed by atoms with Gasteiger partial charge in [0.15, 0.2) is 11.5 Å². The van der Waals surface area contributed by atoms with Crippen molar-refractivity contribution in [2.24, 2.45) is 5.84 Å². The Balaban J connectivity index is 2.35. The molecule has 0 unspecified atom stereocenters. The minimum Gasteiger partial charge on any atom is -0.490 e. The second-order valence-electron chi connectivity index (χ2n) is 3.99. The molecule has 0 atom stereocenters. The molecule has 2 aromatic rings. The van der Waals surface area contributed by atoms with Crippen molar-refractivity contribution in [3.05, 3.63) is 36.2 Å². The monoisotopic (exact) mass is 274 g/mol.